The number of nitrogens with zero attached hydrogens (tertiary/aromatic N) is 3. The van der Waals surface area contributed by atoms with Gasteiger partial charge in [0.25, 0.3) is 0 Å². The van der Waals surface area contributed by atoms with Crippen LogP contribution in [0.1, 0.15) is 122 Å². The first-order valence-corrected chi connectivity index (χ1v) is 25.2. The normalized spacial score (nSPS) is 34.4. The van der Waals surface area contributed by atoms with Crippen molar-refractivity contribution in [3.05, 3.63) is 207 Å². The lowest BCUT2D eigenvalue weighted by Gasteiger charge is -2.48. The highest BCUT2D eigenvalue weighted by molar-refractivity contribution is 7.20. The zero-order valence-corrected chi connectivity index (χ0v) is 37.8. The summed E-state index contributed by atoms with van der Waals surface area (Å²) in [6.07, 6.45) is 42.3. The first kappa shape index (κ1) is 37.6. The van der Waals surface area contributed by atoms with Crippen molar-refractivity contribution in [1.29, 1.82) is 0 Å². The molecule has 1 fully saturated rings. The maximum Gasteiger partial charge on any atom is 0.135 e. The Morgan fingerprint density at radius 3 is 2.64 bits per heavy atom. The third kappa shape index (κ3) is 5.00. The molecule has 0 saturated heterocycles. The molecule has 316 valence electrons. The van der Waals surface area contributed by atoms with Crippen molar-refractivity contribution in [2.24, 2.45) is 17.8 Å². The van der Waals surface area contributed by atoms with E-state index in [4.69, 9.17) is 0 Å². The van der Waals surface area contributed by atoms with Crippen LogP contribution in [-0.4, -0.2) is 26.3 Å². The minimum atomic E-state index is -0.176. The first-order chi connectivity index (χ1) is 31.5. The molecule has 14 rings (SSSR count). The minimum Gasteiger partial charge on any atom is -0.357 e. The summed E-state index contributed by atoms with van der Waals surface area (Å²) in [5.74, 6) is 8.87. The summed E-state index contributed by atoms with van der Waals surface area (Å²) in [7, 11) is 0. The summed E-state index contributed by atoms with van der Waals surface area (Å²) in [6.45, 7) is 5.15. The third-order valence-electron chi connectivity index (χ3n) is 17.5. The Morgan fingerprint density at radius 1 is 0.828 bits per heavy atom. The van der Waals surface area contributed by atoms with Gasteiger partial charge in [-0.15, -0.1) is 11.3 Å². The van der Waals surface area contributed by atoms with E-state index in [9.17, 15) is 0 Å². The number of allylic oxidation sites excluding steroid dienone is 11. The molecule has 4 aliphatic heterocycles. The van der Waals surface area contributed by atoms with Gasteiger partial charge in [0.15, 0.2) is 0 Å². The van der Waals surface area contributed by atoms with Gasteiger partial charge < -0.3 is 14.7 Å². The van der Waals surface area contributed by atoms with Gasteiger partial charge in [-0.2, -0.15) is 0 Å². The van der Waals surface area contributed by atoms with E-state index < -0.39 is 0 Å². The van der Waals surface area contributed by atoms with Crippen molar-refractivity contribution in [2.45, 2.75) is 107 Å². The second-order valence-electron chi connectivity index (χ2n) is 20.4. The highest BCUT2D eigenvalue weighted by Gasteiger charge is 2.76. The van der Waals surface area contributed by atoms with Crippen LogP contribution in [0.3, 0.4) is 0 Å². The van der Waals surface area contributed by atoms with Gasteiger partial charge >= 0.3 is 0 Å². The molecule has 0 bridgehead atoms. The Labute approximate surface area is 382 Å². The molecule has 1 saturated carbocycles. The summed E-state index contributed by atoms with van der Waals surface area (Å²) >= 11 is 2.06. The van der Waals surface area contributed by atoms with Crippen LogP contribution in [0.4, 0.5) is 0 Å². The summed E-state index contributed by atoms with van der Waals surface area (Å²) in [5, 5.41) is 1.44. The molecule has 5 heterocycles. The molecular formula is C60H55N3S. The van der Waals surface area contributed by atoms with E-state index >= 15 is 0 Å². The molecule has 4 heteroatoms. The van der Waals surface area contributed by atoms with Gasteiger partial charge in [0.2, 0.25) is 0 Å². The fraction of sp³-hybridized carbons (Fsp3) is 0.333. The third-order valence-corrected chi connectivity index (χ3v) is 18.7. The van der Waals surface area contributed by atoms with Gasteiger partial charge in [-0.25, -0.2) is 0 Å². The van der Waals surface area contributed by atoms with E-state index in [-0.39, 0.29) is 29.1 Å². The number of hydrogen-bond acceptors (Lipinski definition) is 4. The topological polar surface area (TPSA) is 9.72 Å². The van der Waals surface area contributed by atoms with Gasteiger partial charge in [-0.05, 0) is 142 Å². The second-order valence-corrected chi connectivity index (χ2v) is 21.4. The van der Waals surface area contributed by atoms with Crippen LogP contribution in [0.15, 0.2) is 168 Å². The van der Waals surface area contributed by atoms with Gasteiger partial charge in [-0.1, -0.05) is 127 Å². The summed E-state index contributed by atoms with van der Waals surface area (Å²) in [6, 6.07) is 26.2. The zero-order valence-electron chi connectivity index (χ0n) is 37.0. The van der Waals surface area contributed by atoms with Crippen LogP contribution < -0.4 is 0 Å². The van der Waals surface area contributed by atoms with E-state index in [1.807, 2.05) is 0 Å². The van der Waals surface area contributed by atoms with Crippen LogP contribution in [0.25, 0.3) is 15.8 Å². The Kier molecular flexibility index (Phi) is 8.15. The molecule has 64 heavy (non-hydrogen) atoms. The molecule has 9 atom stereocenters. The Balaban J connectivity index is 1.02. The summed E-state index contributed by atoms with van der Waals surface area (Å²) < 4.78 is 1.40. The van der Waals surface area contributed by atoms with Gasteiger partial charge in [-0.3, -0.25) is 0 Å². The van der Waals surface area contributed by atoms with Crippen LogP contribution in [0, 0.1) is 29.6 Å². The van der Waals surface area contributed by atoms with Gasteiger partial charge in [0, 0.05) is 56.4 Å². The van der Waals surface area contributed by atoms with Crippen molar-refractivity contribution in [3.63, 3.8) is 0 Å². The van der Waals surface area contributed by atoms with Crippen molar-refractivity contribution in [1.82, 2.24) is 14.7 Å². The number of thiophene rings is 1. The van der Waals surface area contributed by atoms with E-state index in [1.54, 1.807) is 11.1 Å². The molecule has 0 N–H and O–H groups in total. The molecule has 0 radical (unpaired) electrons. The van der Waals surface area contributed by atoms with E-state index in [0.717, 1.165) is 32.1 Å². The molecule has 3 aromatic carbocycles. The SMILES string of the molecule is CC12/C(=C3\c4sc5ccc(C6C#Cc7ccccc7C6)cc5c4C4N3C3=C(C=CCC3)N4C3C(C4=CCCCC4)C=CCC3C3C=CC=CC3)C1(C)N1C=CC=CC1c1ccccc12. The van der Waals surface area contributed by atoms with Gasteiger partial charge in [0.1, 0.15) is 6.17 Å². The lowest BCUT2D eigenvalue weighted by atomic mass is 9.68. The van der Waals surface area contributed by atoms with E-state index in [1.165, 1.54) is 91.1 Å². The van der Waals surface area contributed by atoms with Crippen LogP contribution in [0.2, 0.25) is 0 Å². The molecule has 6 aliphatic carbocycles. The Morgan fingerprint density at radius 2 is 1.73 bits per heavy atom. The summed E-state index contributed by atoms with van der Waals surface area (Å²) in [4.78, 5) is 10.2. The average molecular weight is 850 g/mol. The zero-order chi connectivity index (χ0) is 42.3. The van der Waals surface area contributed by atoms with E-state index in [0.29, 0.717) is 23.8 Å². The number of fused-ring (bicyclic) bond motifs is 13. The molecule has 9 unspecified atom stereocenters. The van der Waals surface area contributed by atoms with Crippen LogP contribution in [0.5, 0.6) is 0 Å². The predicted octanol–water partition coefficient (Wildman–Crippen LogP) is 13.9. The smallest absolute Gasteiger partial charge is 0.135 e. The summed E-state index contributed by atoms with van der Waals surface area (Å²) in [5.41, 5.74) is 15.9. The van der Waals surface area contributed by atoms with Crippen molar-refractivity contribution >= 4 is 27.1 Å². The van der Waals surface area contributed by atoms with Crippen molar-refractivity contribution < 1.29 is 0 Å². The standard InChI is InChI=1S/C60H55N3S/c1-59-48-27-12-11-24-46(48)49-28-15-16-35-61(49)60(59,2)57(59)55-56-53(47-37-43(33-34-52(47)64-56)42-32-31-38-18-9-10-23-41(38)36-42)58-62(50-29-13-14-30-51(50)63(55)58)54-44(39-19-5-3-6-20-39)25-17-26-45(54)40-21-7-4-8-22-40/h3,5-6,9-13,15-19,21,23-24,26-29,33-35,37,39,42,44-45,49,54,58H,4,7-8,14,20,22,25,30,36H2,1-2H3/b57-55-. The van der Waals surface area contributed by atoms with Crippen LogP contribution >= 0.6 is 11.3 Å². The average Bonchev–Trinajstić information content (AvgIpc) is 3.68. The molecular weight excluding hydrogens is 795 g/mol. The maximum absolute atomic E-state index is 3.73. The quantitative estimate of drug-likeness (QED) is 0.150. The molecule has 0 spiro atoms. The monoisotopic (exact) mass is 849 g/mol. The molecule has 3 nitrogen and oxygen atoms in total. The van der Waals surface area contributed by atoms with Crippen molar-refractivity contribution in [3.8, 4) is 11.8 Å². The fourth-order valence-corrected chi connectivity index (χ4v) is 15.7. The second kappa shape index (κ2) is 13.9. The first-order valence-electron chi connectivity index (χ1n) is 24.3. The predicted molar refractivity (Wildman–Crippen MR) is 263 cm³/mol. The van der Waals surface area contributed by atoms with Crippen molar-refractivity contribution in [2.75, 3.05) is 0 Å². The molecule has 0 amide bonds. The molecule has 10 aliphatic rings. The number of hydrogen-bond donors (Lipinski definition) is 0. The lowest BCUT2D eigenvalue weighted by Crippen LogP contribution is -2.49. The number of benzene rings is 3. The maximum atomic E-state index is 3.73. The van der Waals surface area contributed by atoms with E-state index in [2.05, 4.69) is 198 Å². The van der Waals surface area contributed by atoms with Gasteiger partial charge in [0.05, 0.1) is 27.9 Å². The number of rotatable bonds is 4. The van der Waals surface area contributed by atoms with Crippen LogP contribution in [-0.2, 0) is 11.8 Å². The largest absolute Gasteiger partial charge is 0.357 e. The molecule has 1 aromatic heterocycles. The Bertz CT molecular complexity index is 3060. The molecule has 4 aromatic rings. The Hall–Kier alpha value is -5.76. The fourth-order valence-electron chi connectivity index (χ4n) is 14.4. The lowest BCUT2D eigenvalue weighted by molar-refractivity contribution is 0.0666. The minimum absolute atomic E-state index is 0.0823. The highest BCUT2D eigenvalue weighted by atomic mass is 32.1. The highest BCUT2D eigenvalue weighted by Crippen LogP contribution is 2.75.